The minimum Gasteiger partial charge on any atom is -0.768 e. The first-order valence-corrected chi connectivity index (χ1v) is 6.99. The first-order valence-electron chi connectivity index (χ1n) is 5.92. The number of hydrogen-bond donors (Lipinski definition) is 0. The van der Waals surface area contributed by atoms with Crippen LogP contribution in [0.4, 0.5) is 0 Å². The predicted molar refractivity (Wildman–Crippen MR) is 70.6 cm³/mol. The van der Waals surface area contributed by atoms with Gasteiger partial charge in [0, 0.05) is 12.7 Å². The minimum absolute atomic E-state index is 0. The van der Waals surface area contributed by atoms with E-state index in [2.05, 4.69) is 0 Å². The molecule has 1 aromatic carbocycles. The van der Waals surface area contributed by atoms with Crippen LogP contribution < -0.4 is 34.3 Å². The molecule has 1 aromatic heterocycles. The number of fused-ring (bicyclic) bond motifs is 1. The molecular formula is C13H16NNaO3S. The maximum Gasteiger partial charge on any atom is 1.00 e. The van der Waals surface area contributed by atoms with E-state index in [1.54, 1.807) is 12.3 Å². The van der Waals surface area contributed by atoms with Crippen LogP contribution in [0.1, 0.15) is 20.8 Å². The van der Waals surface area contributed by atoms with E-state index in [-0.39, 0.29) is 35.7 Å². The Morgan fingerprint density at radius 1 is 1.42 bits per heavy atom. The van der Waals surface area contributed by atoms with Gasteiger partial charge in [-0.2, -0.15) is 0 Å². The Morgan fingerprint density at radius 3 is 2.63 bits per heavy atom. The van der Waals surface area contributed by atoms with Gasteiger partial charge in [-0.25, -0.2) is 0 Å². The van der Waals surface area contributed by atoms with Gasteiger partial charge in [-0.15, -0.1) is 0 Å². The monoisotopic (exact) mass is 289 g/mol. The molecule has 19 heavy (non-hydrogen) atoms. The molecule has 0 radical (unpaired) electrons. The maximum absolute atomic E-state index is 11.3. The smallest absolute Gasteiger partial charge is 0.768 e. The summed E-state index contributed by atoms with van der Waals surface area (Å²) in [5.41, 5.74) is 0.884. The Labute approximate surface area is 137 Å². The second kappa shape index (κ2) is 6.90. The molecule has 98 valence electrons. The van der Waals surface area contributed by atoms with Crippen LogP contribution in [0.25, 0.3) is 10.9 Å². The number of benzene rings is 1. The first-order chi connectivity index (χ1) is 8.54. The van der Waals surface area contributed by atoms with E-state index in [1.165, 1.54) is 0 Å². The van der Waals surface area contributed by atoms with Crippen molar-refractivity contribution in [2.45, 2.75) is 38.3 Å². The Hall–Kier alpha value is -0.330. The third-order valence-corrected chi connectivity index (χ3v) is 3.38. The fraction of sp³-hybridized carbons (Fsp3) is 0.385. The van der Waals surface area contributed by atoms with E-state index < -0.39 is 11.1 Å². The van der Waals surface area contributed by atoms with Crippen molar-refractivity contribution in [3.8, 4) is 5.75 Å². The number of aryl methyl sites for hydroxylation is 1. The van der Waals surface area contributed by atoms with Gasteiger partial charge in [0.15, 0.2) is 0 Å². The molecule has 1 heterocycles. The molecule has 0 saturated heterocycles. The summed E-state index contributed by atoms with van der Waals surface area (Å²) in [4.78, 5) is 0.295. The molecule has 0 spiro atoms. The van der Waals surface area contributed by atoms with Gasteiger partial charge in [-0.3, -0.25) is 4.21 Å². The number of aromatic nitrogens is 1. The van der Waals surface area contributed by atoms with Crippen LogP contribution in [0.2, 0.25) is 0 Å². The number of hydrogen-bond acceptors (Lipinski definition) is 3. The van der Waals surface area contributed by atoms with Gasteiger partial charge in [0.1, 0.15) is 5.75 Å². The SMILES string of the molecule is CCn1cc(S(=O)[O-])c2c(OC(C)C)cccc21.[Na+]. The summed E-state index contributed by atoms with van der Waals surface area (Å²) in [7, 11) is 0. The van der Waals surface area contributed by atoms with Crippen molar-refractivity contribution in [1.82, 2.24) is 4.57 Å². The molecule has 1 atom stereocenters. The third-order valence-electron chi connectivity index (χ3n) is 2.72. The van der Waals surface area contributed by atoms with Gasteiger partial charge in [-0.1, -0.05) is 6.07 Å². The van der Waals surface area contributed by atoms with Crippen LogP contribution in [-0.4, -0.2) is 19.4 Å². The van der Waals surface area contributed by atoms with E-state index in [4.69, 9.17) is 4.74 Å². The molecule has 6 heteroatoms. The van der Waals surface area contributed by atoms with Crippen molar-refractivity contribution in [2.75, 3.05) is 0 Å². The van der Waals surface area contributed by atoms with Crippen LogP contribution in [0.5, 0.6) is 5.75 Å². The molecule has 4 nitrogen and oxygen atoms in total. The van der Waals surface area contributed by atoms with Gasteiger partial charge in [0.05, 0.1) is 21.9 Å². The standard InChI is InChI=1S/C13H17NO3S.Na/c1-4-14-8-12(18(15)16)13-10(14)6-5-7-11(13)17-9(2)3;/h5-9H,4H2,1-3H3,(H,15,16);/q;+1/p-1. The summed E-state index contributed by atoms with van der Waals surface area (Å²) < 4.78 is 30.2. The fourth-order valence-corrected chi connectivity index (χ4v) is 2.61. The molecule has 0 amide bonds. The Balaban J connectivity index is 0.00000180. The fourth-order valence-electron chi connectivity index (χ4n) is 2.02. The second-order valence-electron chi connectivity index (χ2n) is 4.33. The maximum atomic E-state index is 11.3. The largest absolute Gasteiger partial charge is 1.00 e. The van der Waals surface area contributed by atoms with E-state index >= 15 is 0 Å². The van der Waals surface area contributed by atoms with E-state index in [0.717, 1.165) is 12.1 Å². The van der Waals surface area contributed by atoms with Crippen LogP contribution >= 0.6 is 0 Å². The van der Waals surface area contributed by atoms with Crippen LogP contribution in [0.15, 0.2) is 29.3 Å². The normalized spacial score (nSPS) is 12.5. The van der Waals surface area contributed by atoms with Crippen molar-refractivity contribution < 1.29 is 43.1 Å². The van der Waals surface area contributed by atoms with E-state index in [1.807, 2.05) is 37.5 Å². The summed E-state index contributed by atoms with van der Waals surface area (Å²) >= 11 is -2.26. The molecule has 0 aliphatic rings. The summed E-state index contributed by atoms with van der Waals surface area (Å²) in [6, 6.07) is 5.59. The zero-order valence-electron chi connectivity index (χ0n) is 11.7. The number of rotatable bonds is 4. The summed E-state index contributed by atoms with van der Waals surface area (Å²) in [5.74, 6) is 0.619. The van der Waals surface area contributed by atoms with E-state index in [0.29, 0.717) is 16.0 Å². The second-order valence-corrected chi connectivity index (χ2v) is 5.24. The van der Waals surface area contributed by atoms with Gasteiger partial charge in [0.25, 0.3) is 0 Å². The first kappa shape index (κ1) is 16.7. The van der Waals surface area contributed by atoms with Gasteiger partial charge in [-0.05, 0) is 44.0 Å². The topological polar surface area (TPSA) is 54.3 Å². The average molecular weight is 289 g/mol. The molecule has 0 saturated carbocycles. The molecule has 1 unspecified atom stereocenters. The Kier molecular flexibility index (Phi) is 6.08. The molecule has 0 aliphatic heterocycles. The zero-order chi connectivity index (χ0) is 13.3. The van der Waals surface area contributed by atoms with Crippen molar-refractivity contribution in [1.29, 1.82) is 0 Å². The molecular weight excluding hydrogens is 273 g/mol. The average Bonchev–Trinajstić information content (AvgIpc) is 2.68. The van der Waals surface area contributed by atoms with Crippen molar-refractivity contribution in [3.63, 3.8) is 0 Å². The quantitative estimate of drug-likeness (QED) is 0.573. The van der Waals surface area contributed by atoms with Crippen molar-refractivity contribution in [3.05, 3.63) is 24.4 Å². The molecule has 2 aromatic rings. The van der Waals surface area contributed by atoms with Gasteiger partial charge < -0.3 is 13.9 Å². The van der Waals surface area contributed by atoms with Gasteiger partial charge >= 0.3 is 29.6 Å². The Morgan fingerprint density at radius 2 is 2.11 bits per heavy atom. The number of ether oxygens (including phenoxy) is 1. The summed E-state index contributed by atoms with van der Waals surface area (Å²) in [6.45, 7) is 6.54. The molecule has 0 fully saturated rings. The van der Waals surface area contributed by atoms with Crippen LogP contribution in [0.3, 0.4) is 0 Å². The van der Waals surface area contributed by atoms with E-state index in [9.17, 15) is 8.76 Å². The summed E-state index contributed by atoms with van der Waals surface area (Å²) in [6.07, 6.45) is 1.66. The van der Waals surface area contributed by atoms with Crippen LogP contribution in [0, 0.1) is 0 Å². The molecule has 0 aliphatic carbocycles. The van der Waals surface area contributed by atoms with Crippen molar-refractivity contribution in [2.24, 2.45) is 0 Å². The molecule has 0 bridgehead atoms. The number of nitrogens with zero attached hydrogens (tertiary/aromatic N) is 1. The third kappa shape index (κ3) is 3.41. The van der Waals surface area contributed by atoms with Crippen molar-refractivity contribution >= 4 is 22.0 Å². The van der Waals surface area contributed by atoms with Gasteiger partial charge in [0.2, 0.25) is 0 Å². The molecule has 2 rings (SSSR count). The zero-order valence-corrected chi connectivity index (χ0v) is 14.5. The molecule has 0 N–H and O–H groups in total. The summed E-state index contributed by atoms with van der Waals surface area (Å²) in [5, 5.41) is 0.668. The minimum atomic E-state index is -2.26. The predicted octanol–water partition coefficient (Wildman–Crippen LogP) is -0.310. The Bertz CT molecular complexity index is 595. The van der Waals surface area contributed by atoms with Crippen LogP contribution in [-0.2, 0) is 17.6 Å².